The molecule has 0 spiro atoms. The lowest BCUT2D eigenvalue weighted by atomic mass is 10.1. The molecular formula is C16H27N3O3. The van der Waals surface area contributed by atoms with Crippen LogP contribution in [-0.4, -0.2) is 68.0 Å². The first kappa shape index (κ1) is 17.0. The quantitative estimate of drug-likeness (QED) is 0.844. The third-order valence-electron chi connectivity index (χ3n) is 4.09. The Morgan fingerprint density at radius 2 is 2.27 bits per heavy atom. The van der Waals surface area contributed by atoms with Crippen molar-refractivity contribution in [1.29, 1.82) is 0 Å². The number of rotatable bonds is 6. The molecule has 6 heteroatoms. The molecule has 0 saturated carbocycles. The van der Waals surface area contributed by atoms with E-state index in [1.165, 1.54) is 0 Å². The maximum atomic E-state index is 12.4. The average Bonchev–Trinajstić information content (AvgIpc) is 2.80. The molecule has 1 aromatic heterocycles. The van der Waals surface area contributed by atoms with Crippen molar-refractivity contribution >= 4 is 5.91 Å². The second-order valence-electron chi connectivity index (χ2n) is 6.08. The summed E-state index contributed by atoms with van der Waals surface area (Å²) in [6.07, 6.45) is 0.823. The highest BCUT2D eigenvalue weighted by Gasteiger charge is 2.28. The van der Waals surface area contributed by atoms with Gasteiger partial charge in [-0.15, -0.1) is 0 Å². The number of nitrogens with zero attached hydrogens (tertiary/aromatic N) is 2. The number of ether oxygens (including phenoxy) is 2. The van der Waals surface area contributed by atoms with E-state index < -0.39 is 0 Å². The zero-order chi connectivity index (χ0) is 16.1. The van der Waals surface area contributed by atoms with Crippen LogP contribution in [0.1, 0.15) is 22.6 Å². The van der Waals surface area contributed by atoms with Crippen molar-refractivity contribution in [1.82, 2.24) is 14.8 Å². The van der Waals surface area contributed by atoms with Gasteiger partial charge in [0, 0.05) is 25.9 Å². The van der Waals surface area contributed by atoms with Gasteiger partial charge in [-0.1, -0.05) is 0 Å². The average molecular weight is 309 g/mol. The van der Waals surface area contributed by atoms with Crippen LogP contribution >= 0.6 is 0 Å². The lowest BCUT2D eigenvalue weighted by Gasteiger charge is -2.32. The Bertz CT molecular complexity index is 499. The van der Waals surface area contributed by atoms with Gasteiger partial charge in [-0.25, -0.2) is 0 Å². The molecule has 1 fully saturated rings. The summed E-state index contributed by atoms with van der Waals surface area (Å²) in [6.45, 7) is 4.69. The molecule has 22 heavy (non-hydrogen) atoms. The molecule has 124 valence electrons. The summed E-state index contributed by atoms with van der Waals surface area (Å²) in [5.41, 5.74) is 1.72. The van der Waals surface area contributed by atoms with Gasteiger partial charge >= 0.3 is 0 Å². The topological polar surface area (TPSA) is 55.7 Å². The smallest absolute Gasteiger partial charge is 0.268 e. The van der Waals surface area contributed by atoms with Crippen molar-refractivity contribution in [2.45, 2.75) is 25.5 Å². The minimum Gasteiger partial charge on any atom is -0.379 e. The molecule has 0 aromatic carbocycles. The van der Waals surface area contributed by atoms with Gasteiger partial charge in [0.25, 0.3) is 5.91 Å². The van der Waals surface area contributed by atoms with Gasteiger partial charge in [0.15, 0.2) is 0 Å². The Morgan fingerprint density at radius 3 is 2.91 bits per heavy atom. The highest BCUT2D eigenvalue weighted by molar-refractivity contribution is 5.93. The zero-order valence-corrected chi connectivity index (χ0v) is 14.0. The molecule has 0 radical (unpaired) electrons. The summed E-state index contributed by atoms with van der Waals surface area (Å²) in [5, 5.41) is 3.05. The number of aryl methyl sites for hydroxylation is 1. The third-order valence-corrected chi connectivity index (χ3v) is 4.09. The number of hydrogen-bond donors (Lipinski definition) is 1. The molecule has 2 heterocycles. The molecule has 2 atom stereocenters. The monoisotopic (exact) mass is 309 g/mol. The second kappa shape index (κ2) is 7.76. The number of nitrogens with one attached hydrogen (secondary N) is 1. The largest absolute Gasteiger partial charge is 0.379 e. The van der Waals surface area contributed by atoms with Crippen LogP contribution in [0.5, 0.6) is 0 Å². The van der Waals surface area contributed by atoms with E-state index >= 15 is 0 Å². The molecule has 1 N–H and O–H groups in total. The van der Waals surface area contributed by atoms with E-state index in [1.807, 2.05) is 44.8 Å². The molecule has 0 aliphatic carbocycles. The molecule has 0 unspecified atom stereocenters. The lowest BCUT2D eigenvalue weighted by Crippen LogP contribution is -2.51. The predicted octanol–water partition coefficient (Wildman–Crippen LogP) is 0.799. The van der Waals surface area contributed by atoms with Gasteiger partial charge in [-0.3, -0.25) is 4.79 Å². The molecular weight excluding hydrogens is 282 g/mol. The fraction of sp³-hybridized carbons (Fsp3) is 0.688. The van der Waals surface area contributed by atoms with Crippen LogP contribution in [0.2, 0.25) is 0 Å². The zero-order valence-electron chi connectivity index (χ0n) is 14.0. The second-order valence-corrected chi connectivity index (χ2v) is 6.08. The van der Waals surface area contributed by atoms with Crippen molar-refractivity contribution in [3.05, 3.63) is 23.5 Å². The van der Waals surface area contributed by atoms with Crippen molar-refractivity contribution in [2.75, 3.05) is 40.5 Å². The molecule has 1 aliphatic rings. The van der Waals surface area contributed by atoms with Crippen LogP contribution in [0.3, 0.4) is 0 Å². The number of carbonyl (C=O) groups is 1. The third kappa shape index (κ3) is 4.32. The number of carbonyl (C=O) groups excluding carboxylic acids is 1. The first-order chi connectivity index (χ1) is 10.5. The molecule has 2 rings (SSSR count). The molecule has 0 bridgehead atoms. The minimum absolute atomic E-state index is 0.0130. The molecule has 1 amide bonds. The SMILES string of the molecule is Cc1ccc(C(=O)N[C@@H]2COCC[C@@H]2OCCN(C)C)n1C. The molecule has 1 aromatic rings. The lowest BCUT2D eigenvalue weighted by molar-refractivity contribution is -0.0562. The Hall–Kier alpha value is -1.37. The first-order valence-corrected chi connectivity index (χ1v) is 7.76. The predicted molar refractivity (Wildman–Crippen MR) is 85.1 cm³/mol. The van der Waals surface area contributed by atoms with E-state index in [9.17, 15) is 4.79 Å². The molecule has 1 saturated heterocycles. The summed E-state index contributed by atoms with van der Waals surface area (Å²) >= 11 is 0. The summed E-state index contributed by atoms with van der Waals surface area (Å²) < 4.78 is 13.3. The van der Waals surface area contributed by atoms with E-state index in [0.29, 0.717) is 25.5 Å². The fourth-order valence-corrected chi connectivity index (χ4v) is 2.52. The van der Waals surface area contributed by atoms with E-state index in [0.717, 1.165) is 18.7 Å². The van der Waals surface area contributed by atoms with Gasteiger partial charge in [-0.2, -0.15) is 0 Å². The summed E-state index contributed by atoms with van der Waals surface area (Å²) in [6, 6.07) is 3.69. The van der Waals surface area contributed by atoms with Crippen LogP contribution in [0.4, 0.5) is 0 Å². The highest BCUT2D eigenvalue weighted by Crippen LogP contribution is 2.13. The van der Waals surface area contributed by atoms with Crippen LogP contribution in [0.25, 0.3) is 0 Å². The first-order valence-electron chi connectivity index (χ1n) is 7.76. The summed E-state index contributed by atoms with van der Waals surface area (Å²) in [5.74, 6) is -0.0766. The van der Waals surface area contributed by atoms with E-state index in [1.54, 1.807) is 0 Å². The van der Waals surface area contributed by atoms with Gasteiger partial charge in [0.05, 0.1) is 25.4 Å². The Kier molecular flexibility index (Phi) is 5.99. The normalized spacial score (nSPS) is 22.0. The summed E-state index contributed by atoms with van der Waals surface area (Å²) in [7, 11) is 5.93. The standard InChI is InChI=1S/C16H27N3O3/c1-12-5-6-14(19(12)4)16(20)17-13-11-21-9-7-15(13)22-10-8-18(2)3/h5-6,13,15H,7-11H2,1-4H3,(H,17,20)/t13-,15+/m1/s1. The number of hydrogen-bond acceptors (Lipinski definition) is 4. The van der Waals surface area contributed by atoms with Crippen molar-refractivity contribution in [2.24, 2.45) is 7.05 Å². The molecule has 1 aliphatic heterocycles. The molecule has 6 nitrogen and oxygen atoms in total. The van der Waals surface area contributed by atoms with Crippen LogP contribution in [0.15, 0.2) is 12.1 Å². The highest BCUT2D eigenvalue weighted by atomic mass is 16.5. The maximum absolute atomic E-state index is 12.4. The van der Waals surface area contributed by atoms with Crippen LogP contribution in [0, 0.1) is 6.92 Å². The maximum Gasteiger partial charge on any atom is 0.268 e. The van der Waals surface area contributed by atoms with Crippen molar-refractivity contribution < 1.29 is 14.3 Å². The summed E-state index contributed by atoms with van der Waals surface area (Å²) in [4.78, 5) is 14.5. The Balaban J connectivity index is 1.93. The van der Waals surface area contributed by atoms with E-state index in [2.05, 4.69) is 10.2 Å². The van der Waals surface area contributed by atoms with Gasteiger partial charge < -0.3 is 24.3 Å². The Morgan fingerprint density at radius 1 is 1.50 bits per heavy atom. The van der Waals surface area contributed by atoms with Gasteiger partial charge in [0.1, 0.15) is 5.69 Å². The van der Waals surface area contributed by atoms with Crippen LogP contribution < -0.4 is 5.32 Å². The van der Waals surface area contributed by atoms with E-state index in [4.69, 9.17) is 9.47 Å². The van der Waals surface area contributed by atoms with Gasteiger partial charge in [-0.05, 0) is 39.6 Å². The number of aromatic nitrogens is 1. The van der Waals surface area contributed by atoms with Crippen molar-refractivity contribution in [3.8, 4) is 0 Å². The van der Waals surface area contributed by atoms with Gasteiger partial charge in [0.2, 0.25) is 0 Å². The Labute approximate surface area is 132 Å². The minimum atomic E-state index is -0.0985. The van der Waals surface area contributed by atoms with E-state index in [-0.39, 0.29) is 18.1 Å². The number of likely N-dealkylation sites (N-methyl/N-ethyl adjacent to an activating group) is 1. The van der Waals surface area contributed by atoms with Crippen molar-refractivity contribution in [3.63, 3.8) is 0 Å². The fourth-order valence-electron chi connectivity index (χ4n) is 2.52. The number of amides is 1. The van der Waals surface area contributed by atoms with Crippen LogP contribution in [-0.2, 0) is 16.5 Å².